The third-order valence-electron chi connectivity index (χ3n) is 4.54. The maximum absolute atomic E-state index is 12.5. The van der Waals surface area contributed by atoms with Crippen LogP contribution in [0.5, 0.6) is 0 Å². The van der Waals surface area contributed by atoms with Gasteiger partial charge in [-0.05, 0) is 49.3 Å². The number of benzene rings is 1. The first-order valence-corrected chi connectivity index (χ1v) is 6.97. The second kappa shape index (κ2) is 4.82. The molecule has 104 valence electrons. The quantitative estimate of drug-likeness (QED) is 0.801. The monoisotopic (exact) mass is 269 g/mol. The molecule has 1 aliphatic carbocycles. The summed E-state index contributed by atoms with van der Waals surface area (Å²) in [7, 11) is 0. The van der Waals surface area contributed by atoms with Crippen LogP contribution in [-0.2, 0) is 6.18 Å². The zero-order valence-corrected chi connectivity index (χ0v) is 10.7. The standard InChI is InChI=1S/C15H18F3N/c16-15(17,18)12-7-4-11(5-8-12)14-9-6-10-2-1-3-13(10)19-14/h4-5,7-8,10,13-14,19H,1-3,6,9H2. The van der Waals surface area contributed by atoms with Crippen LogP contribution in [0.1, 0.15) is 49.3 Å². The van der Waals surface area contributed by atoms with Gasteiger partial charge in [-0.2, -0.15) is 13.2 Å². The van der Waals surface area contributed by atoms with Crippen molar-refractivity contribution in [3.05, 3.63) is 35.4 Å². The van der Waals surface area contributed by atoms with Crippen LogP contribution in [0.15, 0.2) is 24.3 Å². The molecule has 19 heavy (non-hydrogen) atoms. The zero-order chi connectivity index (χ0) is 13.5. The predicted octanol–water partition coefficient (Wildman–Crippen LogP) is 4.30. The SMILES string of the molecule is FC(F)(F)c1ccc(C2CCC3CCCC3N2)cc1. The predicted molar refractivity (Wildman–Crippen MR) is 67.7 cm³/mol. The lowest BCUT2D eigenvalue weighted by Crippen LogP contribution is -2.40. The Morgan fingerprint density at radius 3 is 2.37 bits per heavy atom. The first-order chi connectivity index (χ1) is 9.04. The summed E-state index contributed by atoms with van der Waals surface area (Å²) in [6.07, 6.45) is 1.78. The number of fused-ring (bicyclic) bond motifs is 1. The molecule has 1 nitrogen and oxygen atoms in total. The van der Waals surface area contributed by atoms with Crippen LogP contribution in [0.3, 0.4) is 0 Å². The molecule has 3 unspecified atom stereocenters. The van der Waals surface area contributed by atoms with E-state index in [0.29, 0.717) is 6.04 Å². The van der Waals surface area contributed by atoms with Crippen LogP contribution in [0.4, 0.5) is 13.2 Å². The summed E-state index contributed by atoms with van der Waals surface area (Å²) in [6.45, 7) is 0. The Hall–Kier alpha value is -1.03. The zero-order valence-electron chi connectivity index (χ0n) is 10.7. The summed E-state index contributed by atoms with van der Waals surface area (Å²) in [5.74, 6) is 0.783. The molecule has 0 bridgehead atoms. The summed E-state index contributed by atoms with van der Waals surface area (Å²) in [6, 6.07) is 6.42. The van der Waals surface area contributed by atoms with Crippen LogP contribution >= 0.6 is 0 Å². The van der Waals surface area contributed by atoms with Gasteiger partial charge in [0.25, 0.3) is 0 Å². The van der Waals surface area contributed by atoms with Gasteiger partial charge in [-0.25, -0.2) is 0 Å². The second-order valence-electron chi connectivity index (χ2n) is 5.71. The molecule has 3 atom stereocenters. The molecular weight excluding hydrogens is 251 g/mol. The van der Waals surface area contributed by atoms with Gasteiger partial charge in [0.15, 0.2) is 0 Å². The molecule has 1 heterocycles. The summed E-state index contributed by atoms with van der Waals surface area (Å²) < 4.78 is 37.6. The average molecular weight is 269 g/mol. The summed E-state index contributed by atoms with van der Waals surface area (Å²) >= 11 is 0. The first kappa shape index (κ1) is 13.0. The second-order valence-corrected chi connectivity index (χ2v) is 5.71. The third kappa shape index (κ3) is 2.64. The maximum Gasteiger partial charge on any atom is 0.416 e. The van der Waals surface area contributed by atoms with Gasteiger partial charge < -0.3 is 5.32 Å². The number of rotatable bonds is 1. The van der Waals surface area contributed by atoms with Crippen molar-refractivity contribution >= 4 is 0 Å². The van der Waals surface area contributed by atoms with E-state index in [1.165, 1.54) is 37.8 Å². The minimum Gasteiger partial charge on any atom is -0.307 e. The van der Waals surface area contributed by atoms with Crippen LogP contribution in [0.2, 0.25) is 0 Å². The van der Waals surface area contributed by atoms with Crippen molar-refractivity contribution in [3.63, 3.8) is 0 Å². The van der Waals surface area contributed by atoms with Gasteiger partial charge in [0.05, 0.1) is 5.56 Å². The average Bonchev–Trinajstić information content (AvgIpc) is 2.85. The smallest absolute Gasteiger partial charge is 0.307 e. The molecule has 0 amide bonds. The largest absolute Gasteiger partial charge is 0.416 e. The Bertz CT molecular complexity index is 438. The third-order valence-corrected chi connectivity index (χ3v) is 4.54. The highest BCUT2D eigenvalue weighted by atomic mass is 19.4. The van der Waals surface area contributed by atoms with E-state index in [1.54, 1.807) is 12.1 Å². The minimum absolute atomic E-state index is 0.224. The number of hydrogen-bond donors (Lipinski definition) is 1. The van der Waals surface area contributed by atoms with Gasteiger partial charge in [0, 0.05) is 12.1 Å². The molecule has 1 saturated carbocycles. The minimum atomic E-state index is -4.24. The fourth-order valence-corrected chi connectivity index (χ4v) is 3.49. The number of nitrogens with one attached hydrogen (secondary N) is 1. The number of halogens is 3. The summed E-state index contributed by atoms with van der Waals surface area (Å²) in [4.78, 5) is 0. The molecule has 2 fully saturated rings. The highest BCUT2D eigenvalue weighted by molar-refractivity contribution is 5.27. The van der Waals surface area contributed by atoms with Crippen molar-refractivity contribution in [1.82, 2.24) is 5.32 Å². The van der Waals surface area contributed by atoms with Crippen LogP contribution in [-0.4, -0.2) is 6.04 Å². The van der Waals surface area contributed by atoms with E-state index in [0.717, 1.165) is 17.9 Å². The molecule has 1 aliphatic heterocycles. The van der Waals surface area contributed by atoms with E-state index in [9.17, 15) is 13.2 Å². The van der Waals surface area contributed by atoms with Gasteiger partial charge in [0.2, 0.25) is 0 Å². The highest BCUT2D eigenvalue weighted by Crippen LogP contribution is 2.38. The Kier molecular flexibility index (Phi) is 3.29. The Morgan fingerprint density at radius 2 is 1.68 bits per heavy atom. The van der Waals surface area contributed by atoms with Crippen LogP contribution in [0.25, 0.3) is 0 Å². The highest BCUT2D eigenvalue weighted by Gasteiger charge is 2.34. The van der Waals surface area contributed by atoms with Crippen LogP contribution in [0, 0.1) is 5.92 Å². The molecular formula is C15H18F3N. The van der Waals surface area contributed by atoms with Gasteiger partial charge in [-0.3, -0.25) is 0 Å². The number of hydrogen-bond acceptors (Lipinski definition) is 1. The van der Waals surface area contributed by atoms with Gasteiger partial charge in [0.1, 0.15) is 0 Å². The Labute approximate surface area is 111 Å². The number of piperidine rings is 1. The van der Waals surface area contributed by atoms with Gasteiger partial charge >= 0.3 is 6.18 Å². The van der Waals surface area contributed by atoms with E-state index < -0.39 is 11.7 Å². The summed E-state index contributed by atoms with van der Waals surface area (Å²) in [5.41, 5.74) is 0.421. The van der Waals surface area contributed by atoms with E-state index in [2.05, 4.69) is 5.32 Å². The lowest BCUT2D eigenvalue weighted by Gasteiger charge is -2.34. The lowest BCUT2D eigenvalue weighted by atomic mass is 9.87. The molecule has 4 heteroatoms. The van der Waals surface area contributed by atoms with E-state index >= 15 is 0 Å². The normalized spacial score (nSPS) is 31.2. The van der Waals surface area contributed by atoms with E-state index in [4.69, 9.17) is 0 Å². The fraction of sp³-hybridized carbons (Fsp3) is 0.600. The molecule has 0 aromatic heterocycles. The summed E-state index contributed by atoms with van der Waals surface area (Å²) in [5, 5.41) is 3.61. The molecule has 0 radical (unpaired) electrons. The van der Waals surface area contributed by atoms with Crippen molar-refractivity contribution in [2.24, 2.45) is 5.92 Å². The number of alkyl halides is 3. The molecule has 3 rings (SSSR count). The Morgan fingerprint density at radius 1 is 0.947 bits per heavy atom. The van der Waals surface area contributed by atoms with Gasteiger partial charge in [-0.15, -0.1) is 0 Å². The maximum atomic E-state index is 12.5. The fourth-order valence-electron chi connectivity index (χ4n) is 3.49. The van der Waals surface area contributed by atoms with E-state index in [-0.39, 0.29) is 6.04 Å². The lowest BCUT2D eigenvalue weighted by molar-refractivity contribution is -0.137. The van der Waals surface area contributed by atoms with Crippen molar-refractivity contribution < 1.29 is 13.2 Å². The molecule has 0 spiro atoms. The molecule has 1 aromatic rings. The molecule has 2 aliphatic rings. The molecule has 1 N–H and O–H groups in total. The molecule has 1 aromatic carbocycles. The van der Waals surface area contributed by atoms with Crippen molar-refractivity contribution in [3.8, 4) is 0 Å². The Balaban J connectivity index is 1.72. The van der Waals surface area contributed by atoms with Gasteiger partial charge in [-0.1, -0.05) is 18.6 Å². The van der Waals surface area contributed by atoms with Crippen LogP contribution < -0.4 is 5.32 Å². The van der Waals surface area contributed by atoms with Crippen molar-refractivity contribution in [2.75, 3.05) is 0 Å². The molecule has 1 saturated heterocycles. The topological polar surface area (TPSA) is 12.0 Å². The van der Waals surface area contributed by atoms with Crippen molar-refractivity contribution in [2.45, 2.75) is 50.4 Å². The van der Waals surface area contributed by atoms with E-state index in [1.807, 2.05) is 0 Å². The van der Waals surface area contributed by atoms with Crippen molar-refractivity contribution in [1.29, 1.82) is 0 Å². The first-order valence-electron chi connectivity index (χ1n) is 6.97.